The number of hydrogen-bond donors (Lipinski definition) is 2. The molecular formula is C15H21NO5. The molecule has 1 amide bonds. The molecular weight excluding hydrogens is 274 g/mol. The van der Waals surface area contributed by atoms with Crippen LogP contribution in [-0.4, -0.2) is 53.3 Å². The van der Waals surface area contributed by atoms with Gasteiger partial charge in [-0.05, 0) is 31.0 Å². The maximum absolute atomic E-state index is 12.0. The van der Waals surface area contributed by atoms with Gasteiger partial charge in [0.2, 0.25) is 0 Å². The molecule has 0 saturated carbocycles. The number of benzene rings is 1. The lowest BCUT2D eigenvalue weighted by atomic mass is 10.1. The summed E-state index contributed by atoms with van der Waals surface area (Å²) in [7, 11) is 0. The third-order valence-electron chi connectivity index (χ3n) is 3.22. The second-order valence-corrected chi connectivity index (χ2v) is 4.73. The minimum Gasteiger partial charge on any atom is -0.483 e. The molecule has 0 unspecified atom stereocenters. The SMILES string of the molecule is Cc1cccc(OCC(=O)N(CCO)CCC(=O)O)c1C. The van der Waals surface area contributed by atoms with Gasteiger partial charge in [-0.15, -0.1) is 0 Å². The molecule has 6 heteroatoms. The second-order valence-electron chi connectivity index (χ2n) is 4.73. The van der Waals surface area contributed by atoms with Crippen molar-refractivity contribution in [3.05, 3.63) is 29.3 Å². The van der Waals surface area contributed by atoms with E-state index >= 15 is 0 Å². The average Bonchev–Trinajstić information content (AvgIpc) is 2.44. The Bertz CT molecular complexity index is 501. The van der Waals surface area contributed by atoms with Crippen LogP contribution in [0.4, 0.5) is 0 Å². The van der Waals surface area contributed by atoms with Gasteiger partial charge in [0.05, 0.1) is 13.0 Å². The lowest BCUT2D eigenvalue weighted by Crippen LogP contribution is -2.38. The van der Waals surface area contributed by atoms with Gasteiger partial charge in [0.1, 0.15) is 5.75 Å². The molecule has 0 aliphatic carbocycles. The summed E-state index contributed by atoms with van der Waals surface area (Å²) in [6.07, 6.45) is -0.158. The zero-order valence-corrected chi connectivity index (χ0v) is 12.3. The van der Waals surface area contributed by atoms with Crippen LogP contribution >= 0.6 is 0 Å². The number of hydrogen-bond acceptors (Lipinski definition) is 4. The number of carbonyl (C=O) groups is 2. The van der Waals surface area contributed by atoms with Crippen molar-refractivity contribution in [3.8, 4) is 5.75 Å². The molecule has 0 fully saturated rings. The van der Waals surface area contributed by atoms with E-state index in [0.717, 1.165) is 11.1 Å². The Hall–Kier alpha value is -2.08. The lowest BCUT2D eigenvalue weighted by Gasteiger charge is -2.21. The summed E-state index contributed by atoms with van der Waals surface area (Å²) in [4.78, 5) is 23.9. The third kappa shape index (κ3) is 5.43. The van der Waals surface area contributed by atoms with E-state index in [0.29, 0.717) is 5.75 Å². The fourth-order valence-corrected chi connectivity index (χ4v) is 1.82. The highest BCUT2D eigenvalue weighted by atomic mass is 16.5. The Morgan fingerprint density at radius 2 is 1.95 bits per heavy atom. The fraction of sp³-hybridized carbons (Fsp3) is 0.467. The summed E-state index contributed by atoms with van der Waals surface area (Å²) in [5.41, 5.74) is 2.03. The van der Waals surface area contributed by atoms with E-state index < -0.39 is 5.97 Å². The first-order valence-corrected chi connectivity index (χ1v) is 6.75. The van der Waals surface area contributed by atoms with E-state index in [1.54, 1.807) is 6.07 Å². The first-order chi connectivity index (χ1) is 9.95. The predicted octanol–water partition coefficient (Wildman–Crippen LogP) is 0.978. The summed E-state index contributed by atoms with van der Waals surface area (Å²) in [6, 6.07) is 5.58. The van der Waals surface area contributed by atoms with Gasteiger partial charge < -0.3 is 19.8 Å². The Balaban J connectivity index is 2.60. The number of aliphatic hydroxyl groups excluding tert-OH is 1. The van der Waals surface area contributed by atoms with Gasteiger partial charge in [0.15, 0.2) is 6.61 Å². The van der Waals surface area contributed by atoms with E-state index in [1.165, 1.54) is 4.90 Å². The van der Waals surface area contributed by atoms with Crippen LogP contribution in [-0.2, 0) is 9.59 Å². The van der Waals surface area contributed by atoms with Crippen LogP contribution in [0.3, 0.4) is 0 Å². The minimum atomic E-state index is -0.985. The Labute approximate surface area is 124 Å². The quantitative estimate of drug-likeness (QED) is 0.746. The van der Waals surface area contributed by atoms with Crippen molar-refractivity contribution >= 4 is 11.9 Å². The second kappa shape index (κ2) is 8.26. The number of carboxylic acid groups (broad SMARTS) is 1. The summed E-state index contributed by atoms with van der Waals surface area (Å²) in [5.74, 6) is -0.696. The minimum absolute atomic E-state index is 0.0604. The van der Waals surface area contributed by atoms with Crippen molar-refractivity contribution in [2.75, 3.05) is 26.3 Å². The molecule has 0 atom stereocenters. The first-order valence-electron chi connectivity index (χ1n) is 6.75. The highest BCUT2D eigenvalue weighted by Crippen LogP contribution is 2.20. The molecule has 116 valence electrons. The summed E-state index contributed by atoms with van der Waals surface area (Å²) in [6.45, 7) is 3.63. The van der Waals surface area contributed by atoms with Crippen LogP contribution in [0.2, 0.25) is 0 Å². The molecule has 0 aliphatic rings. The number of rotatable bonds is 8. The van der Waals surface area contributed by atoms with Gasteiger partial charge in [-0.3, -0.25) is 9.59 Å². The molecule has 1 aromatic rings. The molecule has 0 spiro atoms. The van der Waals surface area contributed by atoms with Gasteiger partial charge in [0.25, 0.3) is 5.91 Å². The zero-order chi connectivity index (χ0) is 15.8. The van der Waals surface area contributed by atoms with Gasteiger partial charge >= 0.3 is 5.97 Å². The van der Waals surface area contributed by atoms with E-state index in [2.05, 4.69) is 0 Å². The van der Waals surface area contributed by atoms with Crippen LogP contribution in [0.25, 0.3) is 0 Å². The van der Waals surface area contributed by atoms with Crippen molar-refractivity contribution < 1.29 is 24.5 Å². The van der Waals surface area contributed by atoms with Crippen LogP contribution in [0.1, 0.15) is 17.5 Å². The van der Waals surface area contributed by atoms with Crippen LogP contribution in [0, 0.1) is 13.8 Å². The summed E-state index contributed by atoms with van der Waals surface area (Å²) >= 11 is 0. The van der Waals surface area contributed by atoms with E-state index in [1.807, 2.05) is 26.0 Å². The number of aliphatic hydroxyl groups is 1. The first kappa shape index (κ1) is 17.0. The van der Waals surface area contributed by atoms with Gasteiger partial charge in [-0.2, -0.15) is 0 Å². The van der Waals surface area contributed by atoms with E-state index in [4.69, 9.17) is 14.9 Å². The van der Waals surface area contributed by atoms with Crippen molar-refractivity contribution in [2.45, 2.75) is 20.3 Å². The predicted molar refractivity (Wildman–Crippen MR) is 77.3 cm³/mol. The van der Waals surface area contributed by atoms with Crippen molar-refractivity contribution in [3.63, 3.8) is 0 Å². The Morgan fingerprint density at radius 1 is 1.24 bits per heavy atom. The number of ether oxygens (including phenoxy) is 1. The van der Waals surface area contributed by atoms with Crippen LogP contribution in [0.15, 0.2) is 18.2 Å². The topological polar surface area (TPSA) is 87.1 Å². The van der Waals surface area contributed by atoms with Gasteiger partial charge in [0, 0.05) is 13.1 Å². The number of nitrogens with zero attached hydrogens (tertiary/aromatic N) is 1. The van der Waals surface area contributed by atoms with Crippen molar-refractivity contribution in [2.24, 2.45) is 0 Å². The molecule has 1 rings (SSSR count). The maximum Gasteiger partial charge on any atom is 0.305 e. The number of amides is 1. The molecule has 21 heavy (non-hydrogen) atoms. The smallest absolute Gasteiger partial charge is 0.305 e. The summed E-state index contributed by atoms with van der Waals surface area (Å²) in [5, 5.41) is 17.6. The monoisotopic (exact) mass is 295 g/mol. The highest BCUT2D eigenvalue weighted by molar-refractivity contribution is 5.78. The molecule has 2 N–H and O–H groups in total. The third-order valence-corrected chi connectivity index (χ3v) is 3.22. The zero-order valence-electron chi connectivity index (χ0n) is 12.3. The van der Waals surface area contributed by atoms with Crippen molar-refractivity contribution in [1.29, 1.82) is 0 Å². The van der Waals surface area contributed by atoms with Gasteiger partial charge in [-0.1, -0.05) is 12.1 Å². The fourth-order valence-electron chi connectivity index (χ4n) is 1.82. The van der Waals surface area contributed by atoms with Crippen LogP contribution < -0.4 is 4.74 Å². The van der Waals surface area contributed by atoms with Crippen LogP contribution in [0.5, 0.6) is 5.75 Å². The molecule has 0 heterocycles. The van der Waals surface area contributed by atoms with E-state index in [-0.39, 0.29) is 38.6 Å². The molecule has 0 bridgehead atoms. The normalized spacial score (nSPS) is 10.2. The standard InChI is InChI=1S/C15H21NO5/c1-11-4-3-5-13(12(11)2)21-10-14(18)16(8-9-17)7-6-15(19)20/h3-5,17H,6-10H2,1-2H3,(H,19,20). The number of aliphatic carboxylic acids is 1. The highest BCUT2D eigenvalue weighted by Gasteiger charge is 2.15. The largest absolute Gasteiger partial charge is 0.483 e. The van der Waals surface area contributed by atoms with Gasteiger partial charge in [-0.25, -0.2) is 0 Å². The molecule has 6 nitrogen and oxygen atoms in total. The molecule has 0 radical (unpaired) electrons. The maximum atomic E-state index is 12.0. The molecule has 0 aliphatic heterocycles. The molecule has 0 saturated heterocycles. The van der Waals surface area contributed by atoms with Crippen molar-refractivity contribution in [1.82, 2.24) is 4.90 Å². The Kier molecular flexibility index (Phi) is 6.68. The number of aryl methyl sites for hydroxylation is 1. The molecule has 1 aromatic carbocycles. The number of carboxylic acids is 1. The lowest BCUT2D eigenvalue weighted by molar-refractivity contribution is -0.139. The average molecular weight is 295 g/mol. The number of carbonyl (C=O) groups excluding carboxylic acids is 1. The van der Waals surface area contributed by atoms with E-state index in [9.17, 15) is 9.59 Å². The Morgan fingerprint density at radius 3 is 2.57 bits per heavy atom. The molecule has 0 aromatic heterocycles. The summed E-state index contributed by atoms with van der Waals surface area (Å²) < 4.78 is 5.49.